The molecule has 148 valence electrons. The number of rotatable bonds is 5. The highest BCUT2D eigenvalue weighted by Crippen LogP contribution is 2.19. The van der Waals surface area contributed by atoms with E-state index in [0.29, 0.717) is 17.0 Å². The van der Waals surface area contributed by atoms with E-state index in [4.69, 9.17) is 4.74 Å². The van der Waals surface area contributed by atoms with E-state index >= 15 is 0 Å². The topological polar surface area (TPSA) is 139 Å². The Morgan fingerprint density at radius 3 is 2.45 bits per heavy atom. The molecule has 0 aliphatic rings. The zero-order valence-electron chi connectivity index (χ0n) is 15.5. The van der Waals surface area contributed by atoms with Crippen LogP contribution >= 0.6 is 0 Å². The van der Waals surface area contributed by atoms with Crippen LogP contribution in [0.1, 0.15) is 22.8 Å². The summed E-state index contributed by atoms with van der Waals surface area (Å²) in [7, 11) is 1.50. The van der Waals surface area contributed by atoms with Crippen molar-refractivity contribution in [3.05, 3.63) is 80.8 Å². The van der Waals surface area contributed by atoms with Crippen LogP contribution < -0.4 is 21.4 Å². The van der Waals surface area contributed by atoms with E-state index in [-0.39, 0.29) is 11.3 Å². The van der Waals surface area contributed by atoms with Gasteiger partial charge in [-0.1, -0.05) is 0 Å². The molecule has 29 heavy (non-hydrogen) atoms. The monoisotopic (exact) mass is 395 g/mol. The first-order chi connectivity index (χ1) is 13.9. The molecule has 0 fully saturated rings. The Labute approximate surface area is 164 Å². The Kier molecular flexibility index (Phi) is 5.54. The van der Waals surface area contributed by atoms with Crippen molar-refractivity contribution in [3.8, 4) is 17.3 Å². The lowest BCUT2D eigenvalue weighted by Crippen LogP contribution is -2.33. The van der Waals surface area contributed by atoms with E-state index in [1.54, 1.807) is 24.3 Å². The molecule has 0 saturated carbocycles. The summed E-state index contributed by atoms with van der Waals surface area (Å²) in [6.45, 7) is 1.42. The van der Waals surface area contributed by atoms with Crippen molar-refractivity contribution < 1.29 is 14.6 Å². The maximum absolute atomic E-state index is 12.3. The highest BCUT2D eigenvalue weighted by Gasteiger charge is 2.18. The Bertz CT molecular complexity index is 1180. The van der Waals surface area contributed by atoms with Crippen molar-refractivity contribution >= 4 is 11.6 Å². The molecule has 0 unspecified atom stereocenters. The molecule has 0 atom stereocenters. The molecular weight excluding hydrogens is 378 g/mol. The van der Waals surface area contributed by atoms with Crippen LogP contribution in [0.4, 0.5) is 0 Å². The van der Waals surface area contributed by atoms with Gasteiger partial charge >= 0.3 is 5.69 Å². The van der Waals surface area contributed by atoms with Crippen molar-refractivity contribution in [3.63, 3.8) is 0 Å². The molecule has 0 aliphatic heterocycles. The first-order valence-electron chi connectivity index (χ1n) is 8.40. The number of pyridine rings is 1. The quantitative estimate of drug-likeness (QED) is 0.431. The standard InChI is InChI=1S/C19H17N5O5/c1-11(22-23-16(25)12-7-9-20-10-8-12)15-17(26)21-19(28)24(18(15)27)13-3-5-14(29-2)6-4-13/h3-10,27H,1-2H3,(H,23,25)(H,21,26,28). The highest BCUT2D eigenvalue weighted by molar-refractivity contribution is 6.02. The average molecular weight is 395 g/mol. The summed E-state index contributed by atoms with van der Waals surface area (Å²) in [4.78, 5) is 42.5. The fourth-order valence-electron chi connectivity index (χ4n) is 2.58. The summed E-state index contributed by atoms with van der Waals surface area (Å²) in [5.74, 6) is -0.572. The molecule has 1 amide bonds. The van der Waals surface area contributed by atoms with Crippen LogP contribution in [0.3, 0.4) is 0 Å². The highest BCUT2D eigenvalue weighted by atomic mass is 16.5. The number of hydrogen-bond donors (Lipinski definition) is 3. The number of aromatic amines is 1. The van der Waals surface area contributed by atoms with E-state index in [1.165, 1.54) is 38.6 Å². The predicted molar refractivity (Wildman–Crippen MR) is 105 cm³/mol. The Balaban J connectivity index is 1.99. The maximum atomic E-state index is 12.3. The number of carbonyl (C=O) groups excluding carboxylic acids is 1. The molecule has 0 saturated heterocycles. The molecule has 0 aliphatic carbocycles. The van der Waals surface area contributed by atoms with Crippen molar-refractivity contribution in [2.24, 2.45) is 5.10 Å². The van der Waals surface area contributed by atoms with E-state index in [9.17, 15) is 19.5 Å². The molecule has 10 heteroatoms. The minimum Gasteiger partial charge on any atom is -0.497 e. The second-order valence-corrected chi connectivity index (χ2v) is 5.87. The van der Waals surface area contributed by atoms with E-state index < -0.39 is 23.0 Å². The van der Waals surface area contributed by atoms with Gasteiger partial charge in [0.2, 0.25) is 5.88 Å². The third kappa shape index (κ3) is 4.05. The van der Waals surface area contributed by atoms with Crippen LogP contribution in [0.15, 0.2) is 63.5 Å². The molecule has 0 radical (unpaired) electrons. The molecule has 0 bridgehead atoms. The number of hydrazone groups is 1. The van der Waals surface area contributed by atoms with E-state index in [1.807, 2.05) is 0 Å². The third-order valence-electron chi connectivity index (χ3n) is 4.05. The van der Waals surface area contributed by atoms with Crippen LogP contribution in [-0.4, -0.2) is 38.4 Å². The molecule has 3 rings (SSSR count). The lowest BCUT2D eigenvalue weighted by Gasteiger charge is -2.12. The summed E-state index contributed by atoms with van der Waals surface area (Å²) in [5, 5.41) is 14.5. The molecule has 3 N–H and O–H groups in total. The van der Waals surface area contributed by atoms with Crippen LogP contribution in [0.5, 0.6) is 11.6 Å². The number of hydrogen-bond acceptors (Lipinski definition) is 7. The van der Waals surface area contributed by atoms with Gasteiger partial charge in [0.25, 0.3) is 11.5 Å². The van der Waals surface area contributed by atoms with Gasteiger partial charge in [0.1, 0.15) is 11.3 Å². The molecule has 2 aromatic heterocycles. The third-order valence-corrected chi connectivity index (χ3v) is 4.05. The average Bonchev–Trinajstić information content (AvgIpc) is 2.72. The number of carbonyl (C=O) groups is 1. The maximum Gasteiger partial charge on any atom is 0.335 e. The molecule has 3 aromatic rings. The lowest BCUT2D eigenvalue weighted by molar-refractivity contribution is 0.0954. The van der Waals surface area contributed by atoms with Crippen LogP contribution in [0.2, 0.25) is 0 Å². The zero-order chi connectivity index (χ0) is 21.0. The summed E-state index contributed by atoms with van der Waals surface area (Å²) in [5.41, 5.74) is 1.01. The predicted octanol–water partition coefficient (Wildman–Crippen LogP) is 0.789. The summed E-state index contributed by atoms with van der Waals surface area (Å²) in [6, 6.07) is 9.27. The van der Waals surface area contributed by atoms with Gasteiger partial charge in [-0.25, -0.2) is 14.8 Å². The molecule has 2 heterocycles. The second kappa shape index (κ2) is 8.21. The summed E-state index contributed by atoms with van der Waals surface area (Å²) < 4.78 is 5.98. The first-order valence-corrected chi connectivity index (χ1v) is 8.40. The van der Waals surface area contributed by atoms with E-state index in [2.05, 4.69) is 20.5 Å². The van der Waals surface area contributed by atoms with Crippen molar-refractivity contribution in [1.82, 2.24) is 20.0 Å². The number of aromatic hydroxyl groups is 1. The van der Waals surface area contributed by atoms with Gasteiger partial charge in [0.15, 0.2) is 0 Å². The zero-order valence-corrected chi connectivity index (χ0v) is 15.5. The number of ether oxygens (including phenoxy) is 1. The van der Waals surface area contributed by atoms with Gasteiger partial charge in [-0.2, -0.15) is 5.10 Å². The van der Waals surface area contributed by atoms with Crippen molar-refractivity contribution in [2.45, 2.75) is 6.92 Å². The Hall–Kier alpha value is -4.21. The van der Waals surface area contributed by atoms with Gasteiger partial charge in [-0.15, -0.1) is 0 Å². The SMILES string of the molecule is COc1ccc(-n2c(O)c(C(C)=NNC(=O)c3ccncc3)c(=O)[nH]c2=O)cc1. The number of nitrogens with zero attached hydrogens (tertiary/aromatic N) is 3. The van der Waals surface area contributed by atoms with Gasteiger partial charge < -0.3 is 9.84 Å². The van der Waals surface area contributed by atoms with Crippen LogP contribution in [0, 0.1) is 0 Å². The molecular formula is C19H17N5O5. The number of benzene rings is 1. The first kappa shape index (κ1) is 19.5. The number of amides is 1. The molecule has 10 nitrogen and oxygen atoms in total. The molecule has 0 spiro atoms. The fourth-order valence-corrected chi connectivity index (χ4v) is 2.58. The number of methoxy groups -OCH3 is 1. The minimum absolute atomic E-state index is 0.00779. The largest absolute Gasteiger partial charge is 0.497 e. The van der Waals surface area contributed by atoms with Crippen LogP contribution in [-0.2, 0) is 0 Å². The van der Waals surface area contributed by atoms with Gasteiger partial charge in [0.05, 0.1) is 18.5 Å². The van der Waals surface area contributed by atoms with Crippen LogP contribution in [0.25, 0.3) is 5.69 Å². The second-order valence-electron chi connectivity index (χ2n) is 5.87. The van der Waals surface area contributed by atoms with E-state index in [0.717, 1.165) is 4.57 Å². The number of aromatic nitrogens is 3. The number of H-pyrrole nitrogens is 1. The summed E-state index contributed by atoms with van der Waals surface area (Å²) >= 11 is 0. The molecule has 1 aromatic carbocycles. The van der Waals surface area contributed by atoms with Crippen molar-refractivity contribution in [2.75, 3.05) is 7.11 Å². The minimum atomic E-state index is -0.836. The van der Waals surface area contributed by atoms with Gasteiger partial charge in [-0.05, 0) is 43.3 Å². The van der Waals surface area contributed by atoms with Crippen molar-refractivity contribution in [1.29, 1.82) is 0 Å². The summed E-state index contributed by atoms with van der Waals surface area (Å²) in [6.07, 6.45) is 2.90. The smallest absolute Gasteiger partial charge is 0.335 e. The Morgan fingerprint density at radius 1 is 1.17 bits per heavy atom. The Morgan fingerprint density at radius 2 is 1.83 bits per heavy atom. The lowest BCUT2D eigenvalue weighted by atomic mass is 10.2. The number of nitrogens with one attached hydrogen (secondary N) is 2. The van der Waals surface area contributed by atoms with Gasteiger partial charge in [0, 0.05) is 18.0 Å². The normalized spacial score (nSPS) is 11.2. The van der Waals surface area contributed by atoms with Gasteiger partial charge in [-0.3, -0.25) is 19.6 Å². The fraction of sp³-hybridized carbons (Fsp3) is 0.105.